The highest BCUT2D eigenvalue weighted by atomic mass is 16.4. The normalized spacial score (nSPS) is 16.2. The Morgan fingerprint density at radius 2 is 1.44 bits per heavy atom. The van der Waals surface area contributed by atoms with Crippen LogP contribution >= 0.6 is 0 Å². The van der Waals surface area contributed by atoms with Crippen molar-refractivity contribution in [1.82, 2.24) is 10.2 Å². The number of carboxylic acids is 1. The van der Waals surface area contributed by atoms with Gasteiger partial charge in [0.15, 0.2) is 0 Å². The molecule has 0 saturated heterocycles. The number of carboxylic acid groups (broad SMARTS) is 1. The van der Waals surface area contributed by atoms with Gasteiger partial charge in [-0.2, -0.15) is 0 Å². The third kappa shape index (κ3) is 3.40. The maximum absolute atomic E-state index is 12.7. The van der Waals surface area contributed by atoms with Crippen molar-refractivity contribution in [2.75, 3.05) is 0 Å². The molecule has 1 aromatic carbocycles. The Morgan fingerprint density at radius 3 is 1.80 bits per heavy atom. The zero-order valence-electron chi connectivity index (χ0n) is 14.6. The fourth-order valence-electron chi connectivity index (χ4n) is 2.93. The molecular formula is C18H22N2O5. The minimum Gasteiger partial charge on any atom is -0.480 e. The molecule has 0 aliphatic carbocycles. The first kappa shape index (κ1) is 18.6. The predicted octanol–water partition coefficient (Wildman–Crippen LogP) is 1.53. The van der Waals surface area contributed by atoms with Crippen LogP contribution in [-0.4, -0.2) is 45.8 Å². The van der Waals surface area contributed by atoms with Crippen LogP contribution in [0.25, 0.3) is 0 Å². The molecule has 25 heavy (non-hydrogen) atoms. The first-order valence-electron chi connectivity index (χ1n) is 8.16. The van der Waals surface area contributed by atoms with E-state index in [0.717, 1.165) is 4.90 Å². The summed E-state index contributed by atoms with van der Waals surface area (Å²) in [5.74, 6) is -3.59. The fraction of sp³-hybridized carbons (Fsp3) is 0.444. The third-order valence-corrected chi connectivity index (χ3v) is 4.23. The highest BCUT2D eigenvalue weighted by Gasteiger charge is 2.44. The van der Waals surface area contributed by atoms with Crippen molar-refractivity contribution >= 4 is 23.7 Å². The molecule has 7 nitrogen and oxygen atoms in total. The summed E-state index contributed by atoms with van der Waals surface area (Å²) in [5, 5.41) is 11.7. The summed E-state index contributed by atoms with van der Waals surface area (Å²) in [6.07, 6.45) is 0. The van der Waals surface area contributed by atoms with Crippen LogP contribution in [0.15, 0.2) is 24.3 Å². The maximum atomic E-state index is 12.7. The number of imide groups is 1. The quantitative estimate of drug-likeness (QED) is 0.760. The Hall–Kier alpha value is -2.70. The number of carbonyl (C=O) groups excluding carboxylic acids is 3. The molecule has 1 aliphatic rings. The Labute approximate surface area is 146 Å². The van der Waals surface area contributed by atoms with Crippen molar-refractivity contribution < 1.29 is 24.3 Å². The van der Waals surface area contributed by atoms with Gasteiger partial charge >= 0.3 is 5.97 Å². The molecule has 0 spiro atoms. The lowest BCUT2D eigenvalue weighted by molar-refractivity contribution is -0.144. The number of fused-ring (bicyclic) bond motifs is 1. The van der Waals surface area contributed by atoms with Crippen LogP contribution in [-0.2, 0) is 9.59 Å². The maximum Gasteiger partial charge on any atom is 0.326 e. The van der Waals surface area contributed by atoms with Crippen molar-refractivity contribution in [2.24, 2.45) is 11.8 Å². The zero-order valence-corrected chi connectivity index (χ0v) is 14.6. The largest absolute Gasteiger partial charge is 0.480 e. The van der Waals surface area contributed by atoms with Crippen molar-refractivity contribution in [3.63, 3.8) is 0 Å². The molecule has 2 rings (SSSR count). The zero-order chi connectivity index (χ0) is 18.9. The van der Waals surface area contributed by atoms with Crippen molar-refractivity contribution in [2.45, 2.75) is 39.8 Å². The lowest BCUT2D eigenvalue weighted by Crippen LogP contribution is -2.56. The number of amides is 3. The number of rotatable bonds is 6. The predicted molar refractivity (Wildman–Crippen MR) is 90.0 cm³/mol. The van der Waals surface area contributed by atoms with E-state index >= 15 is 0 Å². The van der Waals surface area contributed by atoms with Gasteiger partial charge in [0.2, 0.25) is 5.91 Å². The van der Waals surface area contributed by atoms with Crippen LogP contribution in [0.5, 0.6) is 0 Å². The van der Waals surface area contributed by atoms with Gasteiger partial charge in [-0.3, -0.25) is 19.3 Å². The third-order valence-electron chi connectivity index (χ3n) is 4.23. The van der Waals surface area contributed by atoms with Crippen LogP contribution in [0.3, 0.4) is 0 Å². The molecule has 2 unspecified atom stereocenters. The van der Waals surface area contributed by atoms with Crippen LogP contribution in [0.1, 0.15) is 48.4 Å². The van der Waals surface area contributed by atoms with Crippen LogP contribution < -0.4 is 5.32 Å². The second kappa shape index (κ2) is 7.04. The summed E-state index contributed by atoms with van der Waals surface area (Å²) in [6, 6.07) is 4.21. The van der Waals surface area contributed by atoms with Gasteiger partial charge in [-0.05, 0) is 24.0 Å². The minimum atomic E-state index is -1.16. The van der Waals surface area contributed by atoms with E-state index < -0.39 is 35.8 Å². The molecule has 134 valence electrons. The van der Waals surface area contributed by atoms with Gasteiger partial charge in [-0.15, -0.1) is 0 Å². The van der Waals surface area contributed by atoms with Gasteiger partial charge < -0.3 is 10.4 Å². The minimum absolute atomic E-state index is 0.254. The molecule has 2 N–H and O–H groups in total. The van der Waals surface area contributed by atoms with E-state index in [1.807, 2.05) is 0 Å². The van der Waals surface area contributed by atoms with E-state index in [9.17, 15) is 24.3 Å². The van der Waals surface area contributed by atoms with E-state index in [2.05, 4.69) is 5.32 Å². The highest BCUT2D eigenvalue weighted by Crippen LogP contribution is 2.27. The summed E-state index contributed by atoms with van der Waals surface area (Å²) in [5.41, 5.74) is 0.509. The van der Waals surface area contributed by atoms with Gasteiger partial charge in [-0.25, -0.2) is 4.79 Å². The molecule has 1 aromatic rings. The lowest BCUT2D eigenvalue weighted by Gasteiger charge is -2.30. The molecule has 1 aliphatic heterocycles. The molecule has 0 aromatic heterocycles. The van der Waals surface area contributed by atoms with Gasteiger partial charge in [0.25, 0.3) is 11.8 Å². The fourth-order valence-corrected chi connectivity index (χ4v) is 2.93. The second-order valence-electron chi connectivity index (χ2n) is 6.78. The Morgan fingerprint density at radius 1 is 0.960 bits per heavy atom. The van der Waals surface area contributed by atoms with Gasteiger partial charge in [0.05, 0.1) is 11.1 Å². The van der Waals surface area contributed by atoms with Crippen LogP contribution in [0, 0.1) is 11.8 Å². The summed E-state index contributed by atoms with van der Waals surface area (Å²) in [4.78, 5) is 50.2. The lowest BCUT2D eigenvalue weighted by atomic mass is 9.99. The smallest absolute Gasteiger partial charge is 0.326 e. The molecule has 3 amide bonds. The van der Waals surface area contributed by atoms with Crippen molar-refractivity contribution in [3.8, 4) is 0 Å². The molecule has 0 fully saturated rings. The number of benzene rings is 1. The summed E-state index contributed by atoms with van der Waals surface area (Å²) in [7, 11) is 0. The molecule has 0 bridgehead atoms. The number of nitrogens with zero attached hydrogens (tertiary/aromatic N) is 1. The topological polar surface area (TPSA) is 104 Å². The van der Waals surface area contributed by atoms with E-state index in [-0.39, 0.29) is 23.0 Å². The molecular weight excluding hydrogens is 324 g/mol. The van der Waals surface area contributed by atoms with Crippen molar-refractivity contribution in [3.05, 3.63) is 35.4 Å². The first-order chi connectivity index (χ1) is 11.7. The average molecular weight is 346 g/mol. The Balaban J connectivity index is 2.33. The number of carbonyl (C=O) groups is 4. The second-order valence-corrected chi connectivity index (χ2v) is 6.78. The van der Waals surface area contributed by atoms with Crippen molar-refractivity contribution in [1.29, 1.82) is 0 Å². The molecule has 0 saturated carbocycles. The Bertz CT molecular complexity index is 691. The Kier molecular flexibility index (Phi) is 5.25. The number of hydrogen-bond donors (Lipinski definition) is 2. The van der Waals surface area contributed by atoms with E-state index in [0.29, 0.717) is 0 Å². The van der Waals surface area contributed by atoms with Gasteiger partial charge in [0, 0.05) is 0 Å². The van der Waals surface area contributed by atoms with Crippen LogP contribution in [0.2, 0.25) is 0 Å². The standard InChI is InChI=1S/C18H22N2O5/c1-9(2)13(18(24)25)19-15(21)14(10(3)4)20-16(22)11-7-5-6-8-12(11)17(20)23/h5-10,13-14H,1-4H3,(H,19,21)(H,24,25). The molecule has 0 radical (unpaired) electrons. The molecule has 7 heteroatoms. The summed E-state index contributed by atoms with van der Waals surface area (Å²) >= 11 is 0. The average Bonchev–Trinajstić information content (AvgIpc) is 2.77. The molecule has 2 atom stereocenters. The summed E-state index contributed by atoms with van der Waals surface area (Å²) < 4.78 is 0. The van der Waals surface area contributed by atoms with Crippen LogP contribution in [0.4, 0.5) is 0 Å². The van der Waals surface area contributed by atoms with Gasteiger partial charge in [0.1, 0.15) is 12.1 Å². The SMILES string of the molecule is CC(C)C(NC(=O)C(C(C)C)N1C(=O)c2ccccc2C1=O)C(=O)O. The molecule has 1 heterocycles. The monoisotopic (exact) mass is 346 g/mol. The summed E-state index contributed by atoms with van der Waals surface area (Å²) in [6.45, 7) is 6.76. The van der Waals surface area contributed by atoms with E-state index in [4.69, 9.17) is 0 Å². The van der Waals surface area contributed by atoms with E-state index in [1.54, 1.807) is 52.0 Å². The first-order valence-corrected chi connectivity index (χ1v) is 8.16. The number of aliphatic carboxylic acids is 1. The number of nitrogens with one attached hydrogen (secondary N) is 1. The van der Waals surface area contributed by atoms with E-state index in [1.165, 1.54) is 0 Å². The number of hydrogen-bond acceptors (Lipinski definition) is 4. The highest BCUT2D eigenvalue weighted by molar-refractivity contribution is 6.22. The van der Waals surface area contributed by atoms with Gasteiger partial charge in [-0.1, -0.05) is 39.8 Å².